The summed E-state index contributed by atoms with van der Waals surface area (Å²) >= 11 is 0. The van der Waals surface area contributed by atoms with Gasteiger partial charge in [0.15, 0.2) is 5.03 Å². The lowest BCUT2D eigenvalue weighted by Crippen LogP contribution is -2.53. The average Bonchev–Trinajstić information content (AvgIpc) is 2.81. The summed E-state index contributed by atoms with van der Waals surface area (Å²) in [6.07, 6.45) is 0. The highest BCUT2D eigenvalue weighted by molar-refractivity contribution is 7.89. The van der Waals surface area contributed by atoms with E-state index in [2.05, 4.69) is 34.3 Å². The minimum absolute atomic E-state index is 0.159. The molecule has 1 aromatic rings. The third-order valence-corrected chi connectivity index (χ3v) is 5.95. The van der Waals surface area contributed by atoms with Crippen LogP contribution in [0.3, 0.4) is 0 Å². The van der Waals surface area contributed by atoms with E-state index in [-0.39, 0.29) is 11.1 Å². The summed E-state index contributed by atoms with van der Waals surface area (Å²) in [4.78, 5) is 2.29. The Morgan fingerprint density at radius 2 is 2.14 bits per heavy atom. The summed E-state index contributed by atoms with van der Waals surface area (Å²) < 4.78 is 27.2. The zero-order valence-corrected chi connectivity index (χ0v) is 14.0. The molecule has 1 aromatic heterocycles. The van der Waals surface area contributed by atoms with Gasteiger partial charge in [0, 0.05) is 43.5 Å². The maximum atomic E-state index is 12.8. The van der Waals surface area contributed by atoms with E-state index in [1.165, 1.54) is 0 Å². The fourth-order valence-electron chi connectivity index (χ4n) is 2.80. The predicted molar refractivity (Wildman–Crippen MR) is 81.6 cm³/mol. The molecule has 0 aliphatic carbocycles. The van der Waals surface area contributed by atoms with Crippen molar-refractivity contribution in [3.63, 3.8) is 0 Å². The Kier molecular flexibility index (Phi) is 5.03. The van der Waals surface area contributed by atoms with E-state index >= 15 is 0 Å². The van der Waals surface area contributed by atoms with E-state index in [9.17, 15) is 8.42 Å². The molecule has 1 aliphatic heterocycles. The lowest BCUT2D eigenvalue weighted by atomic mass is 10.2. The van der Waals surface area contributed by atoms with Crippen LogP contribution < -0.4 is 5.32 Å². The zero-order valence-electron chi connectivity index (χ0n) is 13.2. The first-order valence-electron chi connectivity index (χ1n) is 7.34. The fourth-order valence-corrected chi connectivity index (χ4v) is 4.48. The molecule has 1 fully saturated rings. The highest BCUT2D eigenvalue weighted by Gasteiger charge is 2.34. The van der Waals surface area contributed by atoms with Crippen LogP contribution in [0.15, 0.2) is 5.03 Å². The molecule has 2 rings (SSSR count). The Hall–Kier alpha value is -0.960. The van der Waals surface area contributed by atoms with Crippen molar-refractivity contribution in [3.05, 3.63) is 11.3 Å². The molecule has 7 nitrogen and oxygen atoms in total. The van der Waals surface area contributed by atoms with Crippen LogP contribution in [0, 0.1) is 6.92 Å². The van der Waals surface area contributed by atoms with Crippen LogP contribution in [0.1, 0.15) is 25.1 Å². The maximum Gasteiger partial charge on any atom is 0.262 e. The molecular formula is C13H25N5O2S. The second kappa shape index (κ2) is 6.43. The normalized spacial score (nSPS) is 21.8. The number of H-pyrrole nitrogens is 1. The van der Waals surface area contributed by atoms with E-state index in [0.29, 0.717) is 19.6 Å². The highest BCUT2D eigenvalue weighted by Crippen LogP contribution is 2.23. The van der Waals surface area contributed by atoms with Crippen molar-refractivity contribution in [2.24, 2.45) is 0 Å². The van der Waals surface area contributed by atoms with Crippen LogP contribution in [-0.2, 0) is 16.6 Å². The van der Waals surface area contributed by atoms with Gasteiger partial charge in [0.05, 0.1) is 0 Å². The Bertz CT molecular complexity index is 583. The summed E-state index contributed by atoms with van der Waals surface area (Å²) in [7, 11) is -1.74. The van der Waals surface area contributed by atoms with E-state index in [1.54, 1.807) is 11.4 Å². The monoisotopic (exact) mass is 315 g/mol. The number of sulfonamides is 1. The number of hydrogen-bond acceptors (Lipinski definition) is 5. The number of nitrogens with zero attached hydrogens (tertiary/aromatic N) is 3. The summed E-state index contributed by atoms with van der Waals surface area (Å²) in [5, 5.41) is 9.99. The molecule has 2 heterocycles. The maximum absolute atomic E-state index is 12.8. The molecule has 8 heteroatoms. The molecule has 1 aliphatic rings. The van der Waals surface area contributed by atoms with Gasteiger partial charge in [0.1, 0.15) is 0 Å². The molecule has 0 amide bonds. The second-order valence-electron chi connectivity index (χ2n) is 5.50. The van der Waals surface area contributed by atoms with Gasteiger partial charge in [-0.25, -0.2) is 8.42 Å². The zero-order chi connectivity index (χ0) is 15.6. The van der Waals surface area contributed by atoms with Crippen LogP contribution in [-0.4, -0.2) is 67.1 Å². The first kappa shape index (κ1) is 16.4. The second-order valence-corrected chi connectivity index (χ2v) is 7.36. The van der Waals surface area contributed by atoms with Gasteiger partial charge in [-0.05, 0) is 27.4 Å². The number of piperazine rings is 1. The molecular weight excluding hydrogens is 290 g/mol. The van der Waals surface area contributed by atoms with E-state index in [4.69, 9.17) is 0 Å². The number of rotatable bonds is 5. The molecule has 0 bridgehead atoms. The number of aromatic nitrogens is 2. The Morgan fingerprint density at radius 1 is 1.43 bits per heavy atom. The molecule has 120 valence electrons. The van der Waals surface area contributed by atoms with Gasteiger partial charge >= 0.3 is 0 Å². The van der Waals surface area contributed by atoms with Gasteiger partial charge in [-0.2, -0.15) is 9.40 Å². The minimum atomic E-state index is -3.53. The lowest BCUT2D eigenvalue weighted by molar-refractivity contribution is 0.135. The topological polar surface area (TPSA) is 81.3 Å². The van der Waals surface area contributed by atoms with Gasteiger partial charge in [-0.15, -0.1) is 0 Å². The summed E-state index contributed by atoms with van der Waals surface area (Å²) in [6.45, 7) is 9.24. The van der Waals surface area contributed by atoms with Crippen molar-refractivity contribution in [1.82, 2.24) is 24.7 Å². The third-order valence-electron chi connectivity index (χ3n) is 4.11. The minimum Gasteiger partial charge on any atom is -0.316 e. The summed E-state index contributed by atoms with van der Waals surface area (Å²) in [5.74, 6) is 0. The molecule has 1 unspecified atom stereocenters. The quantitative estimate of drug-likeness (QED) is 0.808. The van der Waals surface area contributed by atoms with Crippen molar-refractivity contribution in [3.8, 4) is 0 Å². The van der Waals surface area contributed by atoms with Gasteiger partial charge in [0.2, 0.25) is 0 Å². The highest BCUT2D eigenvalue weighted by atomic mass is 32.2. The largest absolute Gasteiger partial charge is 0.316 e. The van der Waals surface area contributed by atoms with Gasteiger partial charge in [-0.3, -0.25) is 10.00 Å². The molecule has 0 radical (unpaired) electrons. The molecule has 1 atom stereocenters. The first-order valence-corrected chi connectivity index (χ1v) is 8.78. The summed E-state index contributed by atoms with van der Waals surface area (Å²) in [6, 6.07) is 0.228. The number of nitrogens with one attached hydrogen (secondary N) is 2. The van der Waals surface area contributed by atoms with Crippen molar-refractivity contribution in [1.29, 1.82) is 0 Å². The molecule has 0 saturated carbocycles. The van der Waals surface area contributed by atoms with Crippen LogP contribution in [0.4, 0.5) is 0 Å². The number of aryl methyl sites for hydroxylation is 1. The number of aromatic amines is 1. The average molecular weight is 315 g/mol. The van der Waals surface area contributed by atoms with Crippen LogP contribution in [0.5, 0.6) is 0 Å². The van der Waals surface area contributed by atoms with Crippen LogP contribution in [0.25, 0.3) is 0 Å². The molecule has 2 N–H and O–H groups in total. The van der Waals surface area contributed by atoms with E-state index in [0.717, 1.165) is 24.3 Å². The van der Waals surface area contributed by atoms with Gasteiger partial charge in [-0.1, -0.05) is 6.92 Å². The van der Waals surface area contributed by atoms with Crippen LogP contribution in [0.2, 0.25) is 0 Å². The molecule has 0 spiro atoms. The van der Waals surface area contributed by atoms with Crippen molar-refractivity contribution in [2.75, 3.05) is 33.2 Å². The molecule has 1 saturated heterocycles. The van der Waals surface area contributed by atoms with E-state index < -0.39 is 10.0 Å². The van der Waals surface area contributed by atoms with Crippen molar-refractivity contribution in [2.45, 2.75) is 38.4 Å². The standard InChI is InChI=1S/C13H25N5O2S/c1-5-17-6-7-18(9-10(17)2)21(19,20)13-12(8-14-4)11(3)15-16-13/h10,14H,5-9H2,1-4H3,(H,15,16). The fraction of sp³-hybridized carbons (Fsp3) is 0.769. The molecule has 21 heavy (non-hydrogen) atoms. The third kappa shape index (κ3) is 3.13. The lowest BCUT2D eigenvalue weighted by Gasteiger charge is -2.38. The molecule has 0 aromatic carbocycles. The smallest absolute Gasteiger partial charge is 0.262 e. The first-order chi connectivity index (χ1) is 9.91. The Labute approximate surface area is 126 Å². The number of hydrogen-bond donors (Lipinski definition) is 2. The predicted octanol–water partition coefficient (Wildman–Crippen LogP) is 0.152. The Morgan fingerprint density at radius 3 is 2.71 bits per heavy atom. The van der Waals surface area contributed by atoms with E-state index in [1.807, 2.05) is 6.92 Å². The number of likely N-dealkylation sites (N-methyl/N-ethyl adjacent to an activating group) is 1. The SMILES string of the molecule is CCN1CCN(S(=O)(=O)c2n[nH]c(C)c2CNC)CC1C. The van der Waals surface area contributed by atoms with Gasteiger partial charge < -0.3 is 5.32 Å². The van der Waals surface area contributed by atoms with Gasteiger partial charge in [0.25, 0.3) is 10.0 Å². The Balaban J connectivity index is 2.27. The summed E-state index contributed by atoms with van der Waals surface area (Å²) in [5.41, 5.74) is 1.52. The van der Waals surface area contributed by atoms with Crippen molar-refractivity contribution >= 4 is 10.0 Å². The van der Waals surface area contributed by atoms with Crippen LogP contribution >= 0.6 is 0 Å². The van der Waals surface area contributed by atoms with Crippen molar-refractivity contribution < 1.29 is 8.42 Å².